The zero-order chi connectivity index (χ0) is 18.7. The fraction of sp³-hybridized carbons (Fsp3) is 0.429. The SMILES string of the molecule is CNC(=O)[C@H](C)N(CC(F)(F)F)c1ccc(C#N)c(C(F)(F)F)c1. The summed E-state index contributed by atoms with van der Waals surface area (Å²) in [7, 11) is 1.20. The molecule has 0 unspecified atom stereocenters. The highest BCUT2D eigenvalue weighted by Crippen LogP contribution is 2.35. The van der Waals surface area contributed by atoms with Gasteiger partial charge in [0.05, 0.1) is 17.2 Å². The summed E-state index contributed by atoms with van der Waals surface area (Å²) in [5.41, 5.74) is -2.54. The van der Waals surface area contributed by atoms with Crippen LogP contribution in [0.2, 0.25) is 0 Å². The molecule has 0 radical (unpaired) electrons. The predicted octanol–water partition coefficient (Wildman–Crippen LogP) is 3.08. The highest BCUT2D eigenvalue weighted by molar-refractivity contribution is 5.84. The van der Waals surface area contributed by atoms with Gasteiger partial charge < -0.3 is 10.2 Å². The van der Waals surface area contributed by atoms with Crippen molar-refractivity contribution in [3.63, 3.8) is 0 Å². The zero-order valence-corrected chi connectivity index (χ0v) is 12.6. The van der Waals surface area contributed by atoms with Crippen LogP contribution in [0.4, 0.5) is 32.0 Å². The van der Waals surface area contributed by atoms with Gasteiger partial charge in [-0.3, -0.25) is 4.79 Å². The summed E-state index contributed by atoms with van der Waals surface area (Å²) in [5.74, 6) is -0.794. The largest absolute Gasteiger partial charge is 0.417 e. The van der Waals surface area contributed by atoms with E-state index in [4.69, 9.17) is 5.26 Å². The molecule has 1 aromatic carbocycles. The smallest absolute Gasteiger partial charge is 0.357 e. The average molecular weight is 353 g/mol. The third-order valence-corrected chi connectivity index (χ3v) is 3.20. The molecular formula is C14H13F6N3O. The first kappa shape index (κ1) is 19.6. The highest BCUT2D eigenvalue weighted by Gasteiger charge is 2.38. The minimum atomic E-state index is -4.92. The number of anilines is 1. The zero-order valence-electron chi connectivity index (χ0n) is 12.6. The summed E-state index contributed by atoms with van der Waals surface area (Å²) in [4.78, 5) is 12.1. The van der Waals surface area contributed by atoms with Crippen molar-refractivity contribution in [1.29, 1.82) is 5.26 Å². The second-order valence-corrected chi connectivity index (χ2v) is 4.87. The molecule has 1 atom stereocenters. The van der Waals surface area contributed by atoms with Crippen molar-refractivity contribution in [2.75, 3.05) is 18.5 Å². The quantitative estimate of drug-likeness (QED) is 0.847. The second-order valence-electron chi connectivity index (χ2n) is 4.87. The van der Waals surface area contributed by atoms with E-state index in [9.17, 15) is 31.1 Å². The van der Waals surface area contributed by atoms with Crippen molar-refractivity contribution in [3.05, 3.63) is 29.3 Å². The van der Waals surface area contributed by atoms with Crippen LogP contribution >= 0.6 is 0 Å². The molecule has 0 aliphatic carbocycles. The van der Waals surface area contributed by atoms with Crippen LogP contribution in [0.1, 0.15) is 18.1 Å². The van der Waals surface area contributed by atoms with E-state index in [1.54, 1.807) is 0 Å². The summed E-state index contributed by atoms with van der Waals surface area (Å²) in [6.07, 6.45) is -9.66. The maximum atomic E-state index is 13.0. The van der Waals surface area contributed by atoms with Crippen molar-refractivity contribution >= 4 is 11.6 Å². The summed E-state index contributed by atoms with van der Waals surface area (Å²) in [6, 6.07) is 2.12. The van der Waals surface area contributed by atoms with E-state index in [-0.39, 0.29) is 0 Å². The summed E-state index contributed by atoms with van der Waals surface area (Å²) < 4.78 is 77.2. The molecule has 10 heteroatoms. The number of hydrogen-bond donors (Lipinski definition) is 1. The maximum absolute atomic E-state index is 13.0. The van der Waals surface area contributed by atoms with Crippen molar-refractivity contribution in [1.82, 2.24) is 5.32 Å². The van der Waals surface area contributed by atoms with Gasteiger partial charge in [0.2, 0.25) is 5.91 Å². The van der Waals surface area contributed by atoms with Gasteiger partial charge in [0.1, 0.15) is 12.6 Å². The van der Waals surface area contributed by atoms with Crippen molar-refractivity contribution in [2.24, 2.45) is 0 Å². The Bertz CT molecular complexity index is 647. The van der Waals surface area contributed by atoms with Crippen LogP contribution in [0.15, 0.2) is 18.2 Å². The van der Waals surface area contributed by atoms with Gasteiger partial charge in [-0.05, 0) is 25.1 Å². The summed E-state index contributed by atoms with van der Waals surface area (Å²) in [6.45, 7) is -0.485. The van der Waals surface area contributed by atoms with Gasteiger partial charge >= 0.3 is 12.4 Å². The molecule has 1 rings (SSSR count). The number of hydrogen-bond acceptors (Lipinski definition) is 3. The number of benzene rings is 1. The van der Waals surface area contributed by atoms with Crippen molar-refractivity contribution in [2.45, 2.75) is 25.3 Å². The number of carbonyl (C=O) groups is 1. The number of amides is 1. The molecular weight excluding hydrogens is 340 g/mol. The molecule has 0 saturated heterocycles. The van der Waals surface area contributed by atoms with E-state index >= 15 is 0 Å². The van der Waals surface area contributed by atoms with E-state index in [2.05, 4.69) is 5.32 Å². The van der Waals surface area contributed by atoms with Crippen LogP contribution in [-0.4, -0.2) is 31.7 Å². The number of nitrogens with zero attached hydrogens (tertiary/aromatic N) is 2. The molecule has 0 aliphatic rings. The first-order valence-electron chi connectivity index (χ1n) is 6.57. The third-order valence-electron chi connectivity index (χ3n) is 3.20. The molecule has 0 heterocycles. The molecule has 1 N–H and O–H groups in total. The van der Waals surface area contributed by atoms with E-state index in [1.165, 1.54) is 13.1 Å². The molecule has 1 aromatic rings. The Hall–Kier alpha value is -2.44. The van der Waals surface area contributed by atoms with E-state index in [1.807, 2.05) is 0 Å². The Morgan fingerprint density at radius 3 is 2.29 bits per heavy atom. The molecule has 0 bridgehead atoms. The lowest BCUT2D eigenvalue weighted by molar-refractivity contribution is -0.137. The number of rotatable bonds is 4. The van der Waals surface area contributed by atoms with Gasteiger partial charge in [-0.15, -0.1) is 0 Å². The number of nitriles is 1. The minimum absolute atomic E-state index is 0.434. The van der Waals surface area contributed by atoms with Gasteiger partial charge in [-0.25, -0.2) is 0 Å². The van der Waals surface area contributed by atoms with Gasteiger partial charge in [-0.1, -0.05) is 0 Å². The Labute approximate surface area is 133 Å². The van der Waals surface area contributed by atoms with E-state index in [0.29, 0.717) is 11.0 Å². The lowest BCUT2D eigenvalue weighted by Crippen LogP contribution is -2.48. The minimum Gasteiger partial charge on any atom is -0.357 e. The van der Waals surface area contributed by atoms with Gasteiger partial charge in [-0.2, -0.15) is 31.6 Å². The van der Waals surface area contributed by atoms with E-state index < -0.39 is 47.7 Å². The Kier molecular flexibility index (Phi) is 5.71. The molecule has 0 saturated carbocycles. The molecule has 0 spiro atoms. The van der Waals surface area contributed by atoms with Crippen LogP contribution in [0.25, 0.3) is 0 Å². The summed E-state index contributed by atoms with van der Waals surface area (Å²) in [5, 5.41) is 10.9. The standard InChI is InChI=1S/C14H13F6N3O/c1-8(12(24)22-2)23(7-13(15,16)17)10-4-3-9(6-21)11(5-10)14(18,19)20/h3-5,8H,7H2,1-2H3,(H,22,24)/t8-/m0/s1. The Morgan fingerprint density at radius 1 is 1.29 bits per heavy atom. The number of likely N-dealkylation sites (N-methyl/N-ethyl adjacent to an activating group) is 1. The van der Waals surface area contributed by atoms with Crippen LogP contribution in [0.5, 0.6) is 0 Å². The fourth-order valence-electron chi connectivity index (χ4n) is 2.04. The molecule has 0 aliphatic heterocycles. The van der Waals surface area contributed by atoms with Gasteiger partial charge in [0, 0.05) is 12.7 Å². The highest BCUT2D eigenvalue weighted by atomic mass is 19.4. The fourth-order valence-corrected chi connectivity index (χ4v) is 2.04. The molecule has 24 heavy (non-hydrogen) atoms. The summed E-state index contributed by atoms with van der Waals surface area (Å²) >= 11 is 0. The first-order valence-corrected chi connectivity index (χ1v) is 6.57. The molecule has 132 valence electrons. The molecule has 0 aromatic heterocycles. The molecule has 0 fully saturated rings. The molecule has 1 amide bonds. The Morgan fingerprint density at radius 2 is 1.88 bits per heavy atom. The Balaban J connectivity index is 3.43. The average Bonchev–Trinajstić information content (AvgIpc) is 2.48. The topological polar surface area (TPSA) is 56.1 Å². The lowest BCUT2D eigenvalue weighted by atomic mass is 10.1. The maximum Gasteiger partial charge on any atom is 0.417 e. The monoisotopic (exact) mass is 353 g/mol. The number of halogens is 6. The number of carbonyl (C=O) groups excluding carboxylic acids is 1. The number of nitrogens with one attached hydrogen (secondary N) is 1. The van der Waals surface area contributed by atoms with Crippen molar-refractivity contribution in [3.8, 4) is 6.07 Å². The normalized spacial score (nSPS) is 13.1. The second kappa shape index (κ2) is 6.98. The van der Waals surface area contributed by atoms with Crippen LogP contribution in [0, 0.1) is 11.3 Å². The van der Waals surface area contributed by atoms with Crippen LogP contribution < -0.4 is 10.2 Å². The first-order chi connectivity index (χ1) is 10.9. The van der Waals surface area contributed by atoms with E-state index in [0.717, 1.165) is 19.1 Å². The number of alkyl halides is 6. The predicted molar refractivity (Wildman–Crippen MR) is 73.1 cm³/mol. The van der Waals surface area contributed by atoms with Crippen molar-refractivity contribution < 1.29 is 31.1 Å². The van der Waals surface area contributed by atoms with Crippen LogP contribution in [0.3, 0.4) is 0 Å². The van der Waals surface area contributed by atoms with Gasteiger partial charge in [0.25, 0.3) is 0 Å². The lowest BCUT2D eigenvalue weighted by Gasteiger charge is -2.31. The third kappa shape index (κ3) is 4.78. The van der Waals surface area contributed by atoms with Crippen LogP contribution in [-0.2, 0) is 11.0 Å². The molecule has 4 nitrogen and oxygen atoms in total. The van der Waals surface area contributed by atoms with Gasteiger partial charge in [0.15, 0.2) is 0 Å².